The first-order valence-electron chi connectivity index (χ1n) is 5.90. The van der Waals surface area contributed by atoms with E-state index in [9.17, 15) is 14.9 Å². The van der Waals surface area contributed by atoms with E-state index in [1.807, 2.05) is 0 Å². The maximum Gasteiger partial charge on any atom is 0.354 e. The van der Waals surface area contributed by atoms with E-state index in [4.69, 9.17) is 5.11 Å². The number of carbonyl (C=O) groups is 1. The Balaban J connectivity index is 2.46. The van der Waals surface area contributed by atoms with Crippen LogP contribution in [0.1, 0.15) is 27.4 Å². The lowest BCUT2D eigenvalue weighted by Gasteiger charge is -2.10. The number of aromatic nitrogens is 2. The van der Waals surface area contributed by atoms with Crippen LogP contribution in [-0.2, 0) is 6.54 Å². The number of hydrogen-bond donors (Lipinski definition) is 1. The molecule has 0 unspecified atom stereocenters. The summed E-state index contributed by atoms with van der Waals surface area (Å²) in [6, 6.07) is 4.76. The van der Waals surface area contributed by atoms with E-state index in [2.05, 4.69) is 4.98 Å². The third-order valence-electron chi connectivity index (χ3n) is 3.22. The topological polar surface area (TPSA) is 98.3 Å². The maximum absolute atomic E-state index is 11.1. The average molecular weight is 275 g/mol. The Kier molecular flexibility index (Phi) is 3.51. The zero-order valence-electron chi connectivity index (χ0n) is 11.0. The van der Waals surface area contributed by atoms with Gasteiger partial charge < -0.3 is 9.67 Å². The van der Waals surface area contributed by atoms with Gasteiger partial charge in [-0.15, -0.1) is 0 Å². The van der Waals surface area contributed by atoms with E-state index in [0.29, 0.717) is 17.0 Å². The highest BCUT2D eigenvalue weighted by Crippen LogP contribution is 2.22. The van der Waals surface area contributed by atoms with Crippen molar-refractivity contribution in [3.63, 3.8) is 0 Å². The highest BCUT2D eigenvalue weighted by molar-refractivity contribution is 5.85. The Hall–Kier alpha value is -2.70. The largest absolute Gasteiger partial charge is 0.477 e. The van der Waals surface area contributed by atoms with Crippen LogP contribution in [0.2, 0.25) is 0 Å². The molecule has 0 amide bonds. The van der Waals surface area contributed by atoms with Crippen LogP contribution in [-0.4, -0.2) is 25.6 Å². The molecule has 104 valence electrons. The SMILES string of the molecule is Cc1c(Cn2c(C(=O)O)cnc2C)cccc1[N+](=O)[O-]. The summed E-state index contributed by atoms with van der Waals surface area (Å²) in [5.74, 6) is -0.526. The number of nitro benzene ring substituents is 1. The molecule has 0 aliphatic rings. The molecule has 0 bridgehead atoms. The van der Waals surface area contributed by atoms with Gasteiger partial charge in [-0.1, -0.05) is 12.1 Å². The van der Waals surface area contributed by atoms with E-state index >= 15 is 0 Å². The fourth-order valence-corrected chi connectivity index (χ4v) is 2.05. The summed E-state index contributed by atoms with van der Waals surface area (Å²) in [6.07, 6.45) is 1.28. The fourth-order valence-electron chi connectivity index (χ4n) is 2.05. The first-order valence-corrected chi connectivity index (χ1v) is 5.90. The lowest BCUT2D eigenvalue weighted by atomic mass is 10.1. The number of nitro groups is 1. The summed E-state index contributed by atoms with van der Waals surface area (Å²) >= 11 is 0. The quantitative estimate of drug-likeness (QED) is 0.681. The Labute approximate surface area is 114 Å². The van der Waals surface area contributed by atoms with E-state index in [1.54, 1.807) is 26.0 Å². The molecule has 2 rings (SSSR count). The Morgan fingerprint density at radius 3 is 2.75 bits per heavy atom. The van der Waals surface area contributed by atoms with Crippen molar-refractivity contribution in [1.82, 2.24) is 9.55 Å². The van der Waals surface area contributed by atoms with Gasteiger partial charge in [0.25, 0.3) is 5.69 Å². The second-order valence-corrected chi connectivity index (χ2v) is 4.40. The van der Waals surface area contributed by atoms with Crippen LogP contribution in [0.4, 0.5) is 5.69 Å². The molecular weight excluding hydrogens is 262 g/mol. The molecule has 1 aromatic heterocycles. The molecule has 0 aliphatic heterocycles. The fraction of sp³-hybridized carbons (Fsp3) is 0.231. The lowest BCUT2D eigenvalue weighted by molar-refractivity contribution is -0.385. The molecule has 7 nitrogen and oxygen atoms in total. The molecule has 0 fully saturated rings. The number of carboxylic acid groups (broad SMARTS) is 1. The van der Waals surface area contributed by atoms with Crippen molar-refractivity contribution in [1.29, 1.82) is 0 Å². The minimum Gasteiger partial charge on any atom is -0.477 e. The number of benzene rings is 1. The van der Waals surface area contributed by atoms with Crippen LogP contribution in [0.25, 0.3) is 0 Å². The number of rotatable bonds is 4. The Bertz CT molecular complexity index is 691. The molecule has 2 aromatic rings. The zero-order chi connectivity index (χ0) is 14.9. The van der Waals surface area contributed by atoms with E-state index in [1.165, 1.54) is 16.8 Å². The van der Waals surface area contributed by atoms with Gasteiger partial charge >= 0.3 is 5.97 Å². The van der Waals surface area contributed by atoms with Crippen LogP contribution < -0.4 is 0 Å². The van der Waals surface area contributed by atoms with Crippen molar-refractivity contribution < 1.29 is 14.8 Å². The molecule has 0 saturated heterocycles. The molecule has 7 heteroatoms. The zero-order valence-corrected chi connectivity index (χ0v) is 11.0. The van der Waals surface area contributed by atoms with Gasteiger partial charge in [0.15, 0.2) is 0 Å². The van der Waals surface area contributed by atoms with Gasteiger partial charge in [0, 0.05) is 11.6 Å². The molecule has 20 heavy (non-hydrogen) atoms. The van der Waals surface area contributed by atoms with Gasteiger partial charge in [0.1, 0.15) is 11.5 Å². The van der Waals surface area contributed by atoms with Gasteiger partial charge in [0.2, 0.25) is 0 Å². The number of imidazole rings is 1. The van der Waals surface area contributed by atoms with Crippen molar-refractivity contribution in [2.45, 2.75) is 20.4 Å². The summed E-state index contributed by atoms with van der Waals surface area (Å²) in [7, 11) is 0. The third-order valence-corrected chi connectivity index (χ3v) is 3.22. The van der Waals surface area contributed by atoms with Crippen molar-refractivity contribution in [3.8, 4) is 0 Å². The van der Waals surface area contributed by atoms with Crippen molar-refractivity contribution in [2.75, 3.05) is 0 Å². The maximum atomic E-state index is 11.1. The molecule has 0 saturated carbocycles. The Morgan fingerprint density at radius 1 is 1.45 bits per heavy atom. The molecular formula is C13H13N3O4. The summed E-state index contributed by atoms with van der Waals surface area (Å²) in [5.41, 5.74) is 1.32. The van der Waals surface area contributed by atoms with E-state index in [-0.39, 0.29) is 17.9 Å². The molecule has 1 heterocycles. The smallest absolute Gasteiger partial charge is 0.354 e. The number of aryl methyl sites for hydroxylation is 1. The molecule has 0 radical (unpaired) electrons. The summed E-state index contributed by atoms with van der Waals surface area (Å²) < 4.78 is 1.52. The van der Waals surface area contributed by atoms with Gasteiger partial charge in [-0.2, -0.15) is 0 Å². The monoisotopic (exact) mass is 275 g/mol. The van der Waals surface area contributed by atoms with Crippen LogP contribution in [0.3, 0.4) is 0 Å². The summed E-state index contributed by atoms with van der Waals surface area (Å²) in [4.78, 5) is 25.5. The van der Waals surface area contributed by atoms with Crippen LogP contribution >= 0.6 is 0 Å². The number of carboxylic acids is 1. The number of hydrogen-bond acceptors (Lipinski definition) is 4. The second kappa shape index (κ2) is 5.12. The molecule has 1 N–H and O–H groups in total. The minimum absolute atomic E-state index is 0.0251. The lowest BCUT2D eigenvalue weighted by Crippen LogP contribution is -2.12. The predicted octanol–water partition coefficient (Wildman–Crippen LogP) is 2.15. The molecule has 0 atom stereocenters. The van der Waals surface area contributed by atoms with Crippen LogP contribution in [0.15, 0.2) is 24.4 Å². The van der Waals surface area contributed by atoms with Gasteiger partial charge in [-0.3, -0.25) is 10.1 Å². The number of aromatic carboxylic acids is 1. The molecule has 0 aliphatic carbocycles. The summed E-state index contributed by atoms with van der Waals surface area (Å²) in [6.45, 7) is 3.58. The van der Waals surface area contributed by atoms with E-state index in [0.717, 1.165) is 0 Å². The highest BCUT2D eigenvalue weighted by atomic mass is 16.6. The average Bonchev–Trinajstić information content (AvgIpc) is 2.73. The van der Waals surface area contributed by atoms with E-state index < -0.39 is 10.9 Å². The van der Waals surface area contributed by atoms with Gasteiger partial charge in [0.05, 0.1) is 17.7 Å². The van der Waals surface area contributed by atoms with Crippen LogP contribution in [0, 0.1) is 24.0 Å². The van der Waals surface area contributed by atoms with Crippen LogP contribution in [0.5, 0.6) is 0 Å². The van der Waals surface area contributed by atoms with Crippen molar-refractivity contribution in [2.24, 2.45) is 0 Å². The second-order valence-electron chi connectivity index (χ2n) is 4.40. The third kappa shape index (κ3) is 2.37. The molecule has 0 spiro atoms. The minimum atomic E-state index is -1.08. The molecule has 1 aromatic carbocycles. The first kappa shape index (κ1) is 13.7. The standard InChI is InChI=1S/C13H13N3O4/c1-8-10(4-3-5-11(8)16(19)20)7-15-9(2)14-6-12(15)13(17)18/h3-6H,7H2,1-2H3,(H,17,18). The first-order chi connectivity index (χ1) is 9.41. The Morgan fingerprint density at radius 2 is 2.15 bits per heavy atom. The number of nitrogens with zero attached hydrogens (tertiary/aromatic N) is 3. The van der Waals surface area contributed by atoms with Gasteiger partial charge in [-0.05, 0) is 19.4 Å². The normalized spacial score (nSPS) is 10.5. The predicted molar refractivity (Wildman–Crippen MR) is 70.9 cm³/mol. The van der Waals surface area contributed by atoms with Gasteiger partial charge in [-0.25, -0.2) is 9.78 Å². The van der Waals surface area contributed by atoms with Crippen molar-refractivity contribution in [3.05, 3.63) is 57.2 Å². The highest BCUT2D eigenvalue weighted by Gasteiger charge is 2.17. The van der Waals surface area contributed by atoms with Crippen molar-refractivity contribution >= 4 is 11.7 Å². The summed E-state index contributed by atoms with van der Waals surface area (Å²) in [5, 5.41) is 20.0.